The Bertz CT molecular complexity index is 635. The first-order valence-electron chi connectivity index (χ1n) is 8.07. The Kier molecular flexibility index (Phi) is 3.75. The quantitative estimate of drug-likeness (QED) is 0.844. The van der Waals surface area contributed by atoms with Crippen LogP contribution in [0.4, 0.5) is 0 Å². The molecular formula is C17H25N3O3. The van der Waals surface area contributed by atoms with Gasteiger partial charge < -0.3 is 14.2 Å². The zero-order chi connectivity index (χ0) is 16.9. The summed E-state index contributed by atoms with van der Waals surface area (Å²) in [4.78, 5) is 31.1. The molecule has 2 amide bonds. The summed E-state index contributed by atoms with van der Waals surface area (Å²) in [7, 11) is 3.84. The molecule has 6 nitrogen and oxygen atoms in total. The molecule has 2 aliphatic rings. The van der Waals surface area contributed by atoms with Crippen molar-refractivity contribution in [2.75, 3.05) is 27.2 Å². The average Bonchev–Trinajstić information content (AvgIpc) is 3.19. The largest absolute Gasteiger partial charge is 0.456 e. The normalized spacial score (nSPS) is 23.9. The maximum absolute atomic E-state index is 12.8. The molecule has 0 N–H and O–H groups in total. The molecule has 2 fully saturated rings. The SMILES string of the molecule is Cc1ccc(C(=O)N2C[C@@H]3C[C@H]2CN3C(=O)C(C)(C)N(C)C)o1. The van der Waals surface area contributed by atoms with Gasteiger partial charge in [0, 0.05) is 13.1 Å². The van der Waals surface area contributed by atoms with Crippen molar-refractivity contribution in [2.24, 2.45) is 0 Å². The van der Waals surface area contributed by atoms with Crippen molar-refractivity contribution in [1.29, 1.82) is 0 Å². The maximum atomic E-state index is 12.8. The van der Waals surface area contributed by atoms with Gasteiger partial charge >= 0.3 is 0 Å². The van der Waals surface area contributed by atoms with E-state index in [0.29, 0.717) is 18.8 Å². The average molecular weight is 319 g/mol. The van der Waals surface area contributed by atoms with Crippen LogP contribution in [-0.4, -0.2) is 71.3 Å². The number of rotatable bonds is 3. The molecule has 3 heterocycles. The number of fused-ring (bicyclic) bond motifs is 2. The Morgan fingerprint density at radius 3 is 2.26 bits per heavy atom. The highest BCUT2D eigenvalue weighted by molar-refractivity contribution is 5.93. The zero-order valence-corrected chi connectivity index (χ0v) is 14.5. The predicted octanol–water partition coefficient (Wildman–Crippen LogP) is 1.35. The Morgan fingerprint density at radius 1 is 1.17 bits per heavy atom. The molecule has 1 aromatic heterocycles. The molecule has 2 bridgehead atoms. The molecule has 23 heavy (non-hydrogen) atoms. The summed E-state index contributed by atoms with van der Waals surface area (Å²) in [5, 5.41) is 0. The fourth-order valence-corrected chi connectivity index (χ4v) is 3.40. The topological polar surface area (TPSA) is 57.0 Å². The van der Waals surface area contributed by atoms with Crippen molar-refractivity contribution < 1.29 is 14.0 Å². The first-order chi connectivity index (χ1) is 10.7. The van der Waals surface area contributed by atoms with Crippen LogP contribution in [0.25, 0.3) is 0 Å². The Labute approximate surface area is 137 Å². The van der Waals surface area contributed by atoms with Crippen LogP contribution in [0.5, 0.6) is 0 Å². The molecule has 2 saturated heterocycles. The van der Waals surface area contributed by atoms with Gasteiger partial charge in [-0.05, 0) is 53.4 Å². The van der Waals surface area contributed by atoms with Crippen LogP contribution < -0.4 is 0 Å². The summed E-state index contributed by atoms with van der Waals surface area (Å²) in [5.41, 5.74) is -0.530. The fourth-order valence-electron chi connectivity index (χ4n) is 3.40. The molecule has 2 atom stereocenters. The van der Waals surface area contributed by atoms with Gasteiger partial charge in [-0.3, -0.25) is 14.5 Å². The van der Waals surface area contributed by atoms with Gasteiger partial charge in [0.2, 0.25) is 5.91 Å². The van der Waals surface area contributed by atoms with Crippen molar-refractivity contribution in [1.82, 2.24) is 14.7 Å². The van der Waals surface area contributed by atoms with E-state index in [1.54, 1.807) is 12.1 Å². The lowest BCUT2D eigenvalue weighted by Crippen LogP contribution is -2.58. The highest BCUT2D eigenvalue weighted by Gasteiger charge is 2.50. The second-order valence-corrected chi connectivity index (χ2v) is 7.32. The van der Waals surface area contributed by atoms with Crippen molar-refractivity contribution in [3.05, 3.63) is 23.7 Å². The van der Waals surface area contributed by atoms with Crippen LogP contribution >= 0.6 is 0 Å². The minimum Gasteiger partial charge on any atom is -0.456 e. The fraction of sp³-hybridized carbons (Fsp3) is 0.647. The lowest BCUT2D eigenvalue weighted by atomic mass is 10.0. The van der Waals surface area contributed by atoms with Crippen LogP contribution in [0.1, 0.15) is 36.6 Å². The molecule has 0 saturated carbocycles. The summed E-state index contributed by atoms with van der Waals surface area (Å²) in [5.74, 6) is 1.20. The molecule has 6 heteroatoms. The number of piperazine rings is 1. The standard InChI is InChI=1S/C17H25N3O3/c1-11-6-7-14(23-11)15(21)19-9-13-8-12(19)10-20(13)16(22)17(2,3)18(4)5/h6-7,12-13H,8-10H2,1-5H3/t12-,13-/m0/s1. The molecular weight excluding hydrogens is 294 g/mol. The predicted molar refractivity (Wildman–Crippen MR) is 86.2 cm³/mol. The number of carbonyl (C=O) groups excluding carboxylic acids is 2. The van der Waals surface area contributed by atoms with Gasteiger partial charge in [0.1, 0.15) is 5.76 Å². The number of hydrogen-bond acceptors (Lipinski definition) is 4. The first kappa shape index (κ1) is 16.1. The number of likely N-dealkylation sites (tertiary alicyclic amines) is 2. The van der Waals surface area contributed by atoms with Crippen molar-refractivity contribution in [2.45, 2.75) is 44.8 Å². The summed E-state index contributed by atoms with van der Waals surface area (Å²) in [6, 6.07) is 3.74. The van der Waals surface area contributed by atoms with E-state index < -0.39 is 5.54 Å². The Morgan fingerprint density at radius 2 is 1.78 bits per heavy atom. The first-order valence-corrected chi connectivity index (χ1v) is 8.07. The van der Waals surface area contributed by atoms with E-state index in [2.05, 4.69) is 0 Å². The molecule has 0 radical (unpaired) electrons. The van der Waals surface area contributed by atoms with E-state index in [4.69, 9.17) is 4.42 Å². The van der Waals surface area contributed by atoms with Crippen LogP contribution in [0.3, 0.4) is 0 Å². The summed E-state index contributed by atoms with van der Waals surface area (Å²) in [6.45, 7) is 6.92. The molecule has 3 rings (SSSR count). The molecule has 126 valence electrons. The number of likely N-dealkylation sites (N-methyl/N-ethyl adjacent to an activating group) is 1. The number of amides is 2. The van der Waals surface area contributed by atoms with E-state index in [-0.39, 0.29) is 23.9 Å². The third kappa shape index (κ3) is 2.55. The molecule has 2 aliphatic heterocycles. The van der Waals surface area contributed by atoms with E-state index in [9.17, 15) is 9.59 Å². The van der Waals surface area contributed by atoms with Gasteiger partial charge in [0.05, 0.1) is 17.6 Å². The van der Waals surface area contributed by atoms with Crippen molar-refractivity contribution >= 4 is 11.8 Å². The minimum atomic E-state index is -0.530. The third-order valence-electron chi connectivity index (χ3n) is 5.35. The van der Waals surface area contributed by atoms with E-state index >= 15 is 0 Å². The number of nitrogens with zero attached hydrogens (tertiary/aromatic N) is 3. The van der Waals surface area contributed by atoms with Gasteiger partial charge in [0.25, 0.3) is 5.91 Å². The second-order valence-electron chi connectivity index (χ2n) is 7.32. The lowest BCUT2D eigenvalue weighted by Gasteiger charge is -2.40. The number of hydrogen-bond donors (Lipinski definition) is 0. The van der Waals surface area contributed by atoms with E-state index in [1.807, 2.05) is 49.6 Å². The summed E-state index contributed by atoms with van der Waals surface area (Å²) < 4.78 is 5.45. The van der Waals surface area contributed by atoms with Gasteiger partial charge in [-0.15, -0.1) is 0 Å². The van der Waals surface area contributed by atoms with Crippen LogP contribution in [-0.2, 0) is 4.79 Å². The van der Waals surface area contributed by atoms with Crippen molar-refractivity contribution in [3.63, 3.8) is 0 Å². The number of carbonyl (C=O) groups is 2. The van der Waals surface area contributed by atoms with Crippen LogP contribution in [0.2, 0.25) is 0 Å². The van der Waals surface area contributed by atoms with Gasteiger partial charge in [-0.25, -0.2) is 0 Å². The Hall–Kier alpha value is -1.82. The lowest BCUT2D eigenvalue weighted by molar-refractivity contribution is -0.143. The summed E-state index contributed by atoms with van der Waals surface area (Å²) in [6.07, 6.45) is 0.862. The van der Waals surface area contributed by atoms with Gasteiger partial charge in [-0.1, -0.05) is 0 Å². The van der Waals surface area contributed by atoms with Crippen LogP contribution in [0.15, 0.2) is 16.5 Å². The van der Waals surface area contributed by atoms with E-state index in [0.717, 1.165) is 12.2 Å². The molecule has 1 aromatic rings. The highest BCUT2D eigenvalue weighted by Crippen LogP contribution is 2.34. The van der Waals surface area contributed by atoms with Gasteiger partial charge in [0.15, 0.2) is 5.76 Å². The van der Waals surface area contributed by atoms with Crippen molar-refractivity contribution in [3.8, 4) is 0 Å². The Balaban J connectivity index is 1.70. The monoisotopic (exact) mass is 319 g/mol. The van der Waals surface area contributed by atoms with Gasteiger partial charge in [-0.2, -0.15) is 0 Å². The molecule has 0 aliphatic carbocycles. The number of aryl methyl sites for hydroxylation is 1. The summed E-state index contributed by atoms with van der Waals surface area (Å²) >= 11 is 0. The van der Waals surface area contributed by atoms with E-state index in [1.165, 1.54) is 0 Å². The second kappa shape index (κ2) is 5.37. The molecule has 0 aromatic carbocycles. The molecule has 0 spiro atoms. The maximum Gasteiger partial charge on any atom is 0.289 e. The highest BCUT2D eigenvalue weighted by atomic mass is 16.3. The molecule has 0 unspecified atom stereocenters. The smallest absolute Gasteiger partial charge is 0.289 e. The third-order valence-corrected chi connectivity index (χ3v) is 5.35. The number of furan rings is 1. The van der Waals surface area contributed by atoms with Crippen LogP contribution in [0, 0.1) is 6.92 Å². The zero-order valence-electron chi connectivity index (χ0n) is 14.5. The minimum absolute atomic E-state index is 0.0652.